The van der Waals surface area contributed by atoms with E-state index >= 15 is 0 Å². The highest BCUT2D eigenvalue weighted by molar-refractivity contribution is 8.93. The molecular formula is C16H14BrFN2O. The van der Waals surface area contributed by atoms with E-state index in [4.69, 9.17) is 0 Å². The van der Waals surface area contributed by atoms with Crippen molar-refractivity contribution in [3.8, 4) is 11.4 Å². The number of benzene rings is 1. The van der Waals surface area contributed by atoms with Crippen LogP contribution >= 0.6 is 17.0 Å². The molecule has 0 N–H and O–H groups in total. The summed E-state index contributed by atoms with van der Waals surface area (Å²) in [5.74, 6) is 0.196. The van der Waals surface area contributed by atoms with Gasteiger partial charge in [-0.1, -0.05) is 30.3 Å². The molecule has 0 saturated carbocycles. The molecular weight excluding hydrogens is 335 g/mol. The van der Waals surface area contributed by atoms with Crippen molar-refractivity contribution in [1.82, 2.24) is 9.55 Å². The van der Waals surface area contributed by atoms with Crippen LogP contribution in [0.25, 0.3) is 11.4 Å². The normalized spacial score (nSPS) is 10.4. The second-order valence-electron chi connectivity index (χ2n) is 4.75. The molecule has 0 radical (unpaired) electrons. The molecule has 0 spiro atoms. The third kappa shape index (κ3) is 3.19. The largest absolute Gasteiger partial charge is 0.322 e. The number of nitrogens with zero attached hydrogens (tertiary/aromatic N) is 2. The standard InChI is InChI=1S/C16H13FN2O.BrH/c1-11-7-13-8-14(17)9-19(16(13)18-11)10-15(20)12-5-3-2-4-6-12;/h2-9H,10H2,1H3;1H. The Hall–Kier alpha value is -2.01. The number of halogens is 2. The summed E-state index contributed by atoms with van der Waals surface area (Å²) in [6.45, 7) is 1.93. The number of hydrogen-bond acceptors (Lipinski definition) is 2. The average molecular weight is 349 g/mol. The van der Waals surface area contributed by atoms with Crippen LogP contribution in [0.15, 0.2) is 48.7 Å². The first-order valence-electron chi connectivity index (χ1n) is 6.35. The number of Topliss-reactive ketones (excluding diaryl/α,β-unsaturated/α-hetero) is 1. The Morgan fingerprint density at radius 2 is 1.95 bits per heavy atom. The maximum absolute atomic E-state index is 13.6. The topological polar surface area (TPSA) is 34.9 Å². The lowest BCUT2D eigenvalue weighted by atomic mass is 10.1. The Bertz CT molecular complexity index is 740. The molecule has 3 nitrogen and oxygen atoms in total. The van der Waals surface area contributed by atoms with Crippen molar-refractivity contribution in [1.29, 1.82) is 0 Å². The van der Waals surface area contributed by atoms with Gasteiger partial charge in [-0.3, -0.25) is 4.79 Å². The van der Waals surface area contributed by atoms with Crippen molar-refractivity contribution in [3.63, 3.8) is 0 Å². The van der Waals surface area contributed by atoms with Gasteiger partial charge in [0.2, 0.25) is 0 Å². The van der Waals surface area contributed by atoms with Crippen molar-refractivity contribution in [2.75, 3.05) is 0 Å². The fourth-order valence-corrected chi connectivity index (χ4v) is 2.28. The van der Waals surface area contributed by atoms with Crippen molar-refractivity contribution < 1.29 is 9.18 Å². The molecule has 0 aromatic heterocycles. The van der Waals surface area contributed by atoms with Gasteiger partial charge in [0.15, 0.2) is 5.78 Å². The highest BCUT2D eigenvalue weighted by atomic mass is 79.9. The van der Waals surface area contributed by atoms with E-state index in [0.29, 0.717) is 17.0 Å². The molecule has 21 heavy (non-hydrogen) atoms. The van der Waals surface area contributed by atoms with Gasteiger partial charge in [-0.2, -0.15) is 0 Å². The number of carbonyl (C=O) groups excluding carboxylic acids is 1. The zero-order chi connectivity index (χ0) is 14.1. The Balaban J connectivity index is 0.00000161. The quantitative estimate of drug-likeness (QED) is 0.673. The second-order valence-corrected chi connectivity index (χ2v) is 4.75. The summed E-state index contributed by atoms with van der Waals surface area (Å²) < 4.78 is 15.2. The average Bonchev–Trinajstić information content (AvgIpc) is 2.80. The highest BCUT2D eigenvalue weighted by Gasteiger charge is 2.15. The molecule has 0 saturated heterocycles. The van der Waals surface area contributed by atoms with Crippen molar-refractivity contribution in [3.05, 3.63) is 65.7 Å². The number of aryl methyl sites for hydroxylation is 1. The number of pyridine rings is 1. The predicted octanol–water partition coefficient (Wildman–Crippen LogP) is 3.90. The lowest BCUT2D eigenvalue weighted by Gasteiger charge is -2.11. The fourth-order valence-electron chi connectivity index (χ4n) is 2.28. The first-order valence-corrected chi connectivity index (χ1v) is 6.35. The van der Waals surface area contributed by atoms with Gasteiger partial charge in [0.25, 0.3) is 0 Å². The number of ketones is 1. The van der Waals surface area contributed by atoms with Crippen LogP contribution in [-0.4, -0.2) is 15.3 Å². The monoisotopic (exact) mass is 348 g/mol. The van der Waals surface area contributed by atoms with Gasteiger partial charge < -0.3 is 4.57 Å². The Labute approximate surface area is 132 Å². The third-order valence-electron chi connectivity index (χ3n) is 3.16. The molecule has 1 aromatic carbocycles. The van der Waals surface area contributed by atoms with E-state index in [2.05, 4.69) is 4.98 Å². The Morgan fingerprint density at radius 3 is 2.67 bits per heavy atom. The molecule has 108 valence electrons. The highest BCUT2D eigenvalue weighted by Crippen LogP contribution is 2.23. The van der Waals surface area contributed by atoms with E-state index in [0.717, 1.165) is 5.69 Å². The summed E-state index contributed by atoms with van der Waals surface area (Å²) in [7, 11) is 0. The number of carbonyl (C=O) groups is 1. The summed E-state index contributed by atoms with van der Waals surface area (Å²) >= 11 is 0. The zero-order valence-electron chi connectivity index (χ0n) is 11.4. The van der Waals surface area contributed by atoms with Crippen LogP contribution in [0.2, 0.25) is 0 Å². The molecule has 1 aromatic rings. The molecule has 5 heteroatoms. The molecule has 0 unspecified atom stereocenters. The number of hydrogen-bond donors (Lipinski definition) is 0. The first kappa shape index (κ1) is 15.4. The van der Waals surface area contributed by atoms with Crippen LogP contribution < -0.4 is 0 Å². The molecule has 2 aliphatic heterocycles. The van der Waals surface area contributed by atoms with E-state index in [1.54, 1.807) is 16.7 Å². The SMILES string of the molecule is Br.Cc1cc2cc(F)cn(CC(=O)c3ccccc3)c-2n1. The van der Waals surface area contributed by atoms with Crippen LogP contribution in [0.1, 0.15) is 16.1 Å². The van der Waals surface area contributed by atoms with Gasteiger partial charge in [-0.25, -0.2) is 9.37 Å². The van der Waals surface area contributed by atoms with Crippen molar-refractivity contribution in [2.24, 2.45) is 0 Å². The molecule has 3 rings (SSSR count). The molecule has 0 amide bonds. The van der Waals surface area contributed by atoms with Crippen LogP contribution in [0.5, 0.6) is 0 Å². The number of fused-ring (bicyclic) bond motifs is 1. The van der Waals surface area contributed by atoms with E-state index < -0.39 is 0 Å². The van der Waals surface area contributed by atoms with E-state index in [1.165, 1.54) is 12.3 Å². The second kappa shape index (κ2) is 6.18. The van der Waals surface area contributed by atoms with Crippen molar-refractivity contribution in [2.45, 2.75) is 13.5 Å². The molecule has 2 aliphatic rings. The van der Waals surface area contributed by atoms with Gasteiger partial charge in [-0.15, -0.1) is 17.0 Å². The minimum absolute atomic E-state index is 0. The first-order chi connectivity index (χ1) is 9.63. The molecule has 0 fully saturated rings. The van der Waals surface area contributed by atoms with Crippen LogP contribution in [0.4, 0.5) is 4.39 Å². The molecule has 0 atom stereocenters. The zero-order valence-corrected chi connectivity index (χ0v) is 13.1. The van der Waals surface area contributed by atoms with Gasteiger partial charge in [0, 0.05) is 23.0 Å². The maximum atomic E-state index is 13.6. The summed E-state index contributed by atoms with van der Waals surface area (Å²) in [4.78, 5) is 16.5. The summed E-state index contributed by atoms with van der Waals surface area (Å²) in [5.41, 5.74) is 2.13. The van der Waals surface area contributed by atoms with Gasteiger partial charge in [0.1, 0.15) is 11.6 Å². The fraction of sp³-hybridized carbons (Fsp3) is 0.125. The minimum atomic E-state index is -0.370. The van der Waals surface area contributed by atoms with E-state index in [9.17, 15) is 9.18 Å². The van der Waals surface area contributed by atoms with Gasteiger partial charge >= 0.3 is 0 Å². The van der Waals surface area contributed by atoms with Crippen LogP contribution in [0.3, 0.4) is 0 Å². The smallest absolute Gasteiger partial charge is 0.182 e. The number of aromatic nitrogens is 2. The Morgan fingerprint density at radius 1 is 1.24 bits per heavy atom. The third-order valence-corrected chi connectivity index (χ3v) is 3.16. The number of rotatable bonds is 3. The van der Waals surface area contributed by atoms with Gasteiger partial charge in [-0.05, 0) is 19.1 Å². The lowest BCUT2D eigenvalue weighted by molar-refractivity contribution is 0.0972. The predicted molar refractivity (Wildman–Crippen MR) is 84.6 cm³/mol. The Kier molecular flexibility index (Phi) is 4.53. The summed E-state index contributed by atoms with van der Waals surface area (Å²) in [6, 6.07) is 12.2. The molecule has 2 heterocycles. The van der Waals surface area contributed by atoms with Gasteiger partial charge in [0.05, 0.1) is 6.54 Å². The van der Waals surface area contributed by atoms with Crippen LogP contribution in [-0.2, 0) is 6.54 Å². The summed E-state index contributed by atoms with van der Waals surface area (Å²) in [6.07, 6.45) is 1.32. The molecule has 0 aliphatic carbocycles. The lowest BCUT2D eigenvalue weighted by Crippen LogP contribution is -2.13. The maximum Gasteiger partial charge on any atom is 0.182 e. The minimum Gasteiger partial charge on any atom is -0.322 e. The van der Waals surface area contributed by atoms with E-state index in [1.807, 2.05) is 31.2 Å². The van der Waals surface area contributed by atoms with Crippen LogP contribution in [0, 0.1) is 12.7 Å². The van der Waals surface area contributed by atoms with E-state index in [-0.39, 0.29) is 35.1 Å². The summed E-state index contributed by atoms with van der Waals surface area (Å²) in [5, 5.41) is 0. The van der Waals surface area contributed by atoms with Crippen molar-refractivity contribution >= 4 is 22.8 Å². The molecule has 0 bridgehead atoms.